The second-order valence-corrected chi connectivity index (χ2v) is 7.75. The predicted octanol–water partition coefficient (Wildman–Crippen LogP) is 2.54. The molecule has 115 valence electrons. The van der Waals surface area contributed by atoms with Crippen LogP contribution in [0.5, 0.6) is 0 Å². The molecule has 0 aliphatic heterocycles. The molecule has 2 unspecified atom stereocenters. The summed E-state index contributed by atoms with van der Waals surface area (Å²) in [5.74, 6) is -1.56. The Labute approximate surface area is 126 Å². The first-order chi connectivity index (χ1) is 9.45. The minimum Gasteiger partial charge on any atom is -0.355 e. The van der Waals surface area contributed by atoms with Gasteiger partial charge in [0.25, 0.3) is 5.69 Å². The zero-order valence-electron chi connectivity index (χ0n) is 11.9. The lowest BCUT2D eigenvalue weighted by atomic mass is 10.1. The van der Waals surface area contributed by atoms with E-state index >= 15 is 0 Å². The molecule has 0 fully saturated rings. The van der Waals surface area contributed by atoms with Crippen molar-refractivity contribution in [3.05, 3.63) is 39.9 Å². The summed E-state index contributed by atoms with van der Waals surface area (Å²) >= 11 is 0. The molecule has 2 atom stereocenters. The molecule has 0 spiro atoms. The quantitative estimate of drug-likeness (QED) is 0.359. The van der Waals surface area contributed by atoms with Crippen molar-refractivity contribution >= 4 is 23.5 Å². The van der Waals surface area contributed by atoms with Crippen molar-refractivity contribution in [2.45, 2.75) is 37.8 Å². The van der Waals surface area contributed by atoms with Gasteiger partial charge < -0.3 is 14.5 Å². The molecule has 3 radical (unpaired) electrons. The van der Waals surface area contributed by atoms with E-state index < -0.39 is 24.0 Å². The molecule has 0 saturated heterocycles. The van der Waals surface area contributed by atoms with Crippen molar-refractivity contribution in [2.75, 3.05) is 0 Å². The van der Waals surface area contributed by atoms with E-state index in [0.29, 0.717) is 0 Å². The largest absolute Gasteiger partial charge is 0.358 e. The van der Waals surface area contributed by atoms with E-state index in [1.807, 2.05) is 0 Å². The van der Waals surface area contributed by atoms with Crippen molar-refractivity contribution in [3.8, 4) is 0 Å². The van der Waals surface area contributed by atoms with Gasteiger partial charge in [0.15, 0.2) is 5.85 Å². The normalized spacial score (nSPS) is 15.5. The summed E-state index contributed by atoms with van der Waals surface area (Å²) in [4.78, 5) is 29.2. The molecule has 1 rings (SSSR count). The Morgan fingerprint density at radius 3 is 2.43 bits per heavy atom. The maximum Gasteiger partial charge on any atom is 0.358 e. The second kappa shape index (κ2) is 6.37. The number of hydrogen-bond donors (Lipinski definition) is 2. The van der Waals surface area contributed by atoms with Crippen LogP contribution in [0.2, 0.25) is 5.54 Å². The Hall–Kier alpha value is -1.05. The summed E-state index contributed by atoms with van der Waals surface area (Å²) in [6.45, 7) is 5.12. The highest BCUT2D eigenvalue weighted by atomic mass is 31.2. The van der Waals surface area contributed by atoms with Crippen LogP contribution in [0.15, 0.2) is 24.3 Å². The van der Waals surface area contributed by atoms with E-state index in [0.717, 1.165) is 6.07 Å². The molecule has 0 aromatic heterocycles. The van der Waals surface area contributed by atoms with Crippen molar-refractivity contribution in [1.82, 2.24) is 0 Å². The Morgan fingerprint density at radius 2 is 2.00 bits per heavy atom. The lowest BCUT2D eigenvalue weighted by Gasteiger charge is -2.34. The van der Waals surface area contributed by atoms with Crippen LogP contribution in [0.1, 0.15) is 32.2 Å². The fraction of sp³-hybridized carbons (Fsp3) is 0.500. The number of nitro benzene ring substituents is 1. The maximum atomic E-state index is 11.7. The molecule has 1 aromatic carbocycles. The lowest BCUT2D eigenvalue weighted by Crippen LogP contribution is -2.31. The van der Waals surface area contributed by atoms with E-state index in [1.54, 1.807) is 20.8 Å². The van der Waals surface area contributed by atoms with Crippen molar-refractivity contribution in [2.24, 2.45) is 0 Å². The molecule has 1 aromatic rings. The van der Waals surface area contributed by atoms with Crippen molar-refractivity contribution in [3.63, 3.8) is 0 Å². The minimum atomic E-state index is -4.65. The van der Waals surface area contributed by atoms with Crippen LogP contribution in [0, 0.1) is 10.1 Å². The third-order valence-electron chi connectivity index (χ3n) is 3.13. The van der Waals surface area contributed by atoms with Crippen LogP contribution in [0.25, 0.3) is 0 Å². The van der Waals surface area contributed by atoms with Crippen molar-refractivity contribution < 1.29 is 24.0 Å². The topological polar surface area (TPSA) is 110 Å². The number of nitro groups is 1. The fourth-order valence-corrected chi connectivity index (χ4v) is 2.54. The highest BCUT2D eigenvalue weighted by Gasteiger charge is 2.38. The standard InChI is InChI=1S/C12H17NO6PSi/c1-8(21)12(2,3)19-11(20(16,17)18)9-5-4-6-10(7-9)13(14)15/h4-8,11H,1-3H3,(H2,16,17,18). The third kappa shape index (κ3) is 4.72. The monoisotopic (exact) mass is 330 g/mol. The van der Waals surface area contributed by atoms with Gasteiger partial charge in [-0.3, -0.25) is 14.7 Å². The molecule has 2 N–H and O–H groups in total. The van der Waals surface area contributed by atoms with Crippen LogP contribution < -0.4 is 0 Å². The number of non-ortho nitro benzene ring substituents is 1. The van der Waals surface area contributed by atoms with Gasteiger partial charge in [-0.05, 0) is 25.0 Å². The third-order valence-corrected chi connectivity index (χ3v) is 4.84. The average Bonchev–Trinajstić information content (AvgIpc) is 2.34. The van der Waals surface area contributed by atoms with Gasteiger partial charge in [0.05, 0.1) is 10.5 Å². The lowest BCUT2D eigenvalue weighted by molar-refractivity contribution is -0.385. The molecular formula is C12H17NO6PSi. The smallest absolute Gasteiger partial charge is 0.355 e. The van der Waals surface area contributed by atoms with Crippen LogP contribution in [-0.2, 0) is 9.30 Å². The molecule has 7 nitrogen and oxygen atoms in total. The molecule has 9 heteroatoms. The summed E-state index contributed by atoms with van der Waals surface area (Å²) in [6, 6.07) is 5.12. The molecule has 0 saturated carbocycles. The van der Waals surface area contributed by atoms with E-state index in [-0.39, 0.29) is 16.8 Å². The SMILES string of the molecule is CC([Si])C(C)(C)OC(c1cccc([N+](=O)[O-])c1)P(=O)(O)O. The van der Waals surface area contributed by atoms with Crippen LogP contribution >= 0.6 is 7.60 Å². The number of hydrogen-bond acceptors (Lipinski definition) is 4. The van der Waals surface area contributed by atoms with Gasteiger partial charge >= 0.3 is 7.60 Å². The van der Waals surface area contributed by atoms with E-state index in [1.165, 1.54) is 18.2 Å². The van der Waals surface area contributed by atoms with Gasteiger partial charge in [-0.1, -0.05) is 19.1 Å². The van der Waals surface area contributed by atoms with Crippen LogP contribution in [-0.4, -0.2) is 30.6 Å². The molecule has 0 amide bonds. The summed E-state index contributed by atoms with van der Waals surface area (Å²) in [5, 5.41) is 10.8. The van der Waals surface area contributed by atoms with E-state index in [2.05, 4.69) is 10.2 Å². The van der Waals surface area contributed by atoms with Crippen LogP contribution in [0.4, 0.5) is 5.69 Å². The van der Waals surface area contributed by atoms with Crippen molar-refractivity contribution in [1.29, 1.82) is 0 Å². The number of nitrogens with zero attached hydrogens (tertiary/aromatic N) is 1. The first-order valence-electron chi connectivity index (χ1n) is 6.13. The fourth-order valence-electron chi connectivity index (χ4n) is 1.51. The Kier molecular flexibility index (Phi) is 5.46. The Balaban J connectivity index is 3.25. The zero-order valence-corrected chi connectivity index (χ0v) is 13.8. The highest BCUT2D eigenvalue weighted by molar-refractivity contribution is 7.52. The summed E-state index contributed by atoms with van der Waals surface area (Å²) in [6.07, 6.45) is 0. The molecule has 0 bridgehead atoms. The number of benzene rings is 1. The maximum absolute atomic E-state index is 11.7. The molecular weight excluding hydrogens is 313 g/mol. The first-order valence-corrected chi connectivity index (χ1v) is 8.39. The van der Waals surface area contributed by atoms with E-state index in [4.69, 9.17) is 4.74 Å². The Bertz CT molecular complexity index is 571. The predicted molar refractivity (Wildman–Crippen MR) is 78.2 cm³/mol. The van der Waals surface area contributed by atoms with Gasteiger partial charge in [-0.2, -0.15) is 0 Å². The Morgan fingerprint density at radius 1 is 1.43 bits per heavy atom. The van der Waals surface area contributed by atoms with Crippen LogP contribution in [0.3, 0.4) is 0 Å². The summed E-state index contributed by atoms with van der Waals surface area (Å²) in [5.41, 5.74) is -1.25. The van der Waals surface area contributed by atoms with Gasteiger partial charge in [0, 0.05) is 22.4 Å². The summed E-state index contributed by atoms with van der Waals surface area (Å²) in [7, 11) is -1.28. The minimum absolute atomic E-state index is 0.0675. The summed E-state index contributed by atoms with van der Waals surface area (Å²) < 4.78 is 17.2. The number of ether oxygens (including phenoxy) is 1. The molecule has 21 heavy (non-hydrogen) atoms. The second-order valence-electron chi connectivity index (χ2n) is 5.24. The molecule has 0 aliphatic rings. The number of rotatable bonds is 6. The molecule has 0 heterocycles. The van der Waals surface area contributed by atoms with Gasteiger partial charge in [0.2, 0.25) is 0 Å². The zero-order chi connectivity index (χ0) is 16.4. The van der Waals surface area contributed by atoms with Gasteiger partial charge in [0.1, 0.15) is 0 Å². The van der Waals surface area contributed by atoms with Gasteiger partial charge in [-0.15, -0.1) is 0 Å². The van der Waals surface area contributed by atoms with E-state index in [9.17, 15) is 24.5 Å². The first kappa shape index (κ1) is 18.0. The van der Waals surface area contributed by atoms with Gasteiger partial charge in [-0.25, -0.2) is 0 Å². The molecule has 0 aliphatic carbocycles. The highest BCUT2D eigenvalue weighted by Crippen LogP contribution is 2.55. The average molecular weight is 330 g/mol.